The van der Waals surface area contributed by atoms with Crippen LogP contribution in [0.2, 0.25) is 0 Å². The summed E-state index contributed by atoms with van der Waals surface area (Å²) in [4.78, 5) is 12.2. The number of nitrogens with one attached hydrogen (secondary N) is 1. The highest BCUT2D eigenvalue weighted by Gasteiger charge is 2.32. The van der Waals surface area contributed by atoms with Gasteiger partial charge in [-0.15, -0.1) is 0 Å². The van der Waals surface area contributed by atoms with E-state index in [1.165, 1.54) is 13.2 Å². The Labute approximate surface area is 119 Å². The Balaban J connectivity index is 2.71. The van der Waals surface area contributed by atoms with E-state index in [-0.39, 0.29) is 18.2 Å². The number of rotatable bonds is 7. The van der Waals surface area contributed by atoms with E-state index in [0.717, 1.165) is 0 Å². The van der Waals surface area contributed by atoms with Gasteiger partial charge in [-0.25, -0.2) is 4.39 Å². The molecule has 1 amide bonds. The molecule has 0 atom stereocenters. The molecule has 1 rings (SSSR count). The van der Waals surface area contributed by atoms with Crippen molar-refractivity contribution in [1.82, 2.24) is 5.32 Å². The van der Waals surface area contributed by atoms with Gasteiger partial charge in [0.25, 0.3) is 0 Å². The molecule has 5 heteroatoms. The van der Waals surface area contributed by atoms with Crippen LogP contribution in [0.15, 0.2) is 18.2 Å². The number of nitrogens with two attached hydrogens (primary N) is 1. The summed E-state index contributed by atoms with van der Waals surface area (Å²) < 4.78 is 18.4. The SMILES string of the molecule is CCC(CC)(CN)C(=O)NCc1ccc(OC)c(F)c1. The highest BCUT2D eigenvalue weighted by atomic mass is 19.1. The van der Waals surface area contributed by atoms with Gasteiger partial charge in [0.05, 0.1) is 12.5 Å². The van der Waals surface area contributed by atoms with Crippen LogP contribution in [0.4, 0.5) is 4.39 Å². The van der Waals surface area contributed by atoms with Gasteiger partial charge in [-0.05, 0) is 30.5 Å². The van der Waals surface area contributed by atoms with Crippen LogP contribution in [-0.2, 0) is 11.3 Å². The predicted molar refractivity (Wildman–Crippen MR) is 76.9 cm³/mol. The van der Waals surface area contributed by atoms with Gasteiger partial charge >= 0.3 is 0 Å². The smallest absolute Gasteiger partial charge is 0.227 e. The molecule has 1 aromatic carbocycles. The molecule has 0 aliphatic carbocycles. The Morgan fingerprint density at radius 2 is 2.05 bits per heavy atom. The fourth-order valence-electron chi connectivity index (χ4n) is 2.14. The molecule has 1 aromatic rings. The van der Waals surface area contributed by atoms with E-state index in [0.29, 0.717) is 24.9 Å². The first-order chi connectivity index (χ1) is 9.52. The second-order valence-electron chi connectivity index (χ2n) is 4.84. The summed E-state index contributed by atoms with van der Waals surface area (Å²) in [5.74, 6) is -0.324. The second kappa shape index (κ2) is 7.24. The van der Waals surface area contributed by atoms with Crippen molar-refractivity contribution in [2.45, 2.75) is 33.2 Å². The summed E-state index contributed by atoms with van der Waals surface area (Å²) in [6.45, 7) is 4.48. The Morgan fingerprint density at radius 1 is 1.40 bits per heavy atom. The number of benzene rings is 1. The van der Waals surface area contributed by atoms with Crippen LogP contribution in [0.1, 0.15) is 32.3 Å². The highest BCUT2D eigenvalue weighted by molar-refractivity contribution is 5.82. The van der Waals surface area contributed by atoms with Crippen molar-refractivity contribution in [3.05, 3.63) is 29.6 Å². The van der Waals surface area contributed by atoms with Gasteiger partial charge in [0, 0.05) is 13.1 Å². The number of ether oxygens (including phenoxy) is 1. The lowest BCUT2D eigenvalue weighted by Gasteiger charge is -2.28. The van der Waals surface area contributed by atoms with Gasteiger partial charge in [0.1, 0.15) is 0 Å². The van der Waals surface area contributed by atoms with Gasteiger partial charge < -0.3 is 15.8 Å². The molecule has 0 bridgehead atoms. The fraction of sp³-hybridized carbons (Fsp3) is 0.533. The Kier molecular flexibility index (Phi) is 5.95. The van der Waals surface area contributed by atoms with Crippen LogP contribution >= 0.6 is 0 Å². The quantitative estimate of drug-likeness (QED) is 0.806. The van der Waals surface area contributed by atoms with Gasteiger partial charge in [-0.3, -0.25) is 4.79 Å². The van der Waals surface area contributed by atoms with Gasteiger partial charge in [-0.2, -0.15) is 0 Å². The van der Waals surface area contributed by atoms with E-state index in [2.05, 4.69) is 5.32 Å². The summed E-state index contributed by atoms with van der Waals surface area (Å²) >= 11 is 0. The molecule has 0 aliphatic heterocycles. The Hall–Kier alpha value is -1.62. The standard InChI is InChI=1S/C15H23FN2O2/c1-4-15(5-2,10-17)14(19)18-9-11-6-7-13(20-3)12(16)8-11/h6-8H,4-5,9-10,17H2,1-3H3,(H,18,19). The normalized spacial score (nSPS) is 11.2. The number of amides is 1. The van der Waals surface area contributed by atoms with Crippen molar-refractivity contribution in [2.75, 3.05) is 13.7 Å². The maximum absolute atomic E-state index is 13.5. The number of carbonyl (C=O) groups is 1. The van der Waals surface area contributed by atoms with E-state index >= 15 is 0 Å². The molecule has 0 aromatic heterocycles. The largest absolute Gasteiger partial charge is 0.494 e. The summed E-state index contributed by atoms with van der Waals surface area (Å²) in [5, 5.41) is 2.83. The number of methoxy groups -OCH3 is 1. The maximum Gasteiger partial charge on any atom is 0.227 e. The lowest BCUT2D eigenvalue weighted by atomic mass is 9.81. The molecule has 0 spiro atoms. The molecule has 0 saturated carbocycles. The van der Waals surface area contributed by atoms with Crippen LogP contribution < -0.4 is 15.8 Å². The average molecular weight is 282 g/mol. The molecule has 3 N–H and O–H groups in total. The number of hydrogen-bond donors (Lipinski definition) is 2. The highest BCUT2D eigenvalue weighted by Crippen LogP contribution is 2.25. The van der Waals surface area contributed by atoms with Crippen molar-refractivity contribution in [3.8, 4) is 5.75 Å². The monoisotopic (exact) mass is 282 g/mol. The maximum atomic E-state index is 13.5. The minimum atomic E-state index is -0.537. The van der Waals surface area contributed by atoms with E-state index in [1.54, 1.807) is 12.1 Å². The minimum absolute atomic E-state index is 0.0822. The molecule has 0 heterocycles. The zero-order valence-corrected chi connectivity index (χ0v) is 12.3. The molecule has 0 saturated heterocycles. The first-order valence-corrected chi connectivity index (χ1v) is 6.83. The van der Waals surface area contributed by atoms with Crippen LogP contribution in [0, 0.1) is 11.2 Å². The van der Waals surface area contributed by atoms with Crippen LogP contribution in [0.3, 0.4) is 0 Å². The zero-order valence-electron chi connectivity index (χ0n) is 12.3. The van der Waals surface area contributed by atoms with Gasteiger partial charge in [0.15, 0.2) is 11.6 Å². The lowest BCUT2D eigenvalue weighted by molar-refractivity contribution is -0.131. The third kappa shape index (κ3) is 3.48. The minimum Gasteiger partial charge on any atom is -0.494 e. The second-order valence-corrected chi connectivity index (χ2v) is 4.84. The van der Waals surface area contributed by atoms with Crippen LogP contribution in [0.25, 0.3) is 0 Å². The lowest BCUT2D eigenvalue weighted by Crippen LogP contribution is -2.45. The number of carbonyl (C=O) groups excluding carboxylic acids is 1. The molecule has 20 heavy (non-hydrogen) atoms. The van der Waals surface area contributed by atoms with Crippen molar-refractivity contribution in [2.24, 2.45) is 11.1 Å². The van der Waals surface area contributed by atoms with Crippen molar-refractivity contribution in [3.63, 3.8) is 0 Å². The summed E-state index contributed by atoms with van der Waals surface area (Å²) in [7, 11) is 1.41. The van der Waals surface area contributed by atoms with E-state index in [1.807, 2.05) is 13.8 Å². The van der Waals surface area contributed by atoms with Crippen molar-refractivity contribution < 1.29 is 13.9 Å². The number of halogens is 1. The molecule has 112 valence electrons. The molecule has 0 aliphatic rings. The molecular weight excluding hydrogens is 259 g/mol. The van der Waals surface area contributed by atoms with E-state index < -0.39 is 11.2 Å². The topological polar surface area (TPSA) is 64.4 Å². The van der Waals surface area contributed by atoms with Crippen molar-refractivity contribution in [1.29, 1.82) is 0 Å². The zero-order chi connectivity index (χ0) is 15.2. The van der Waals surface area contributed by atoms with E-state index in [4.69, 9.17) is 10.5 Å². The third-order valence-corrected chi connectivity index (χ3v) is 3.90. The summed E-state index contributed by atoms with van der Waals surface area (Å²) in [5.41, 5.74) is 5.88. The van der Waals surface area contributed by atoms with Gasteiger partial charge in [-0.1, -0.05) is 19.9 Å². The first kappa shape index (κ1) is 16.4. The van der Waals surface area contributed by atoms with Crippen LogP contribution in [0.5, 0.6) is 5.75 Å². The number of hydrogen-bond acceptors (Lipinski definition) is 3. The Bertz CT molecular complexity index is 451. The fourth-order valence-corrected chi connectivity index (χ4v) is 2.14. The molecule has 0 radical (unpaired) electrons. The predicted octanol–water partition coefficient (Wildman–Crippen LogP) is 2.22. The molecule has 0 fully saturated rings. The first-order valence-electron chi connectivity index (χ1n) is 6.83. The molecule has 0 unspecified atom stereocenters. The van der Waals surface area contributed by atoms with Crippen LogP contribution in [-0.4, -0.2) is 19.6 Å². The molecule has 4 nitrogen and oxygen atoms in total. The van der Waals surface area contributed by atoms with Gasteiger partial charge in [0.2, 0.25) is 5.91 Å². The van der Waals surface area contributed by atoms with E-state index in [9.17, 15) is 9.18 Å². The Morgan fingerprint density at radius 3 is 2.50 bits per heavy atom. The van der Waals surface area contributed by atoms with Crippen molar-refractivity contribution >= 4 is 5.91 Å². The average Bonchev–Trinajstić information content (AvgIpc) is 2.47. The summed E-state index contributed by atoms with van der Waals surface area (Å²) in [6.07, 6.45) is 1.37. The molecular formula is C15H23FN2O2. The summed E-state index contributed by atoms with van der Waals surface area (Å²) in [6, 6.07) is 4.64. The third-order valence-electron chi connectivity index (χ3n) is 3.90.